The van der Waals surface area contributed by atoms with Gasteiger partial charge < -0.3 is 15.5 Å². The Balaban J connectivity index is 2.45. The maximum absolute atomic E-state index is 9.05. The summed E-state index contributed by atoms with van der Waals surface area (Å²) in [7, 11) is 1.85. The quantitative estimate of drug-likeness (QED) is 0.591. The van der Waals surface area contributed by atoms with Gasteiger partial charge in [-0.05, 0) is 6.92 Å². The minimum Gasteiger partial charge on any atom is -0.394 e. The molecule has 0 aliphatic rings. The zero-order chi connectivity index (χ0) is 9.84. The molecule has 1 rings (SSSR count). The van der Waals surface area contributed by atoms with E-state index in [4.69, 9.17) is 10.2 Å². The van der Waals surface area contributed by atoms with Crippen LogP contribution >= 0.6 is 0 Å². The second-order valence-corrected chi connectivity index (χ2v) is 3.01. The Morgan fingerprint density at radius 1 is 1.69 bits per heavy atom. The number of aliphatic hydroxyl groups is 2. The molecule has 74 valence electrons. The molecule has 1 heterocycles. The lowest BCUT2D eigenvalue weighted by atomic mass is 10.4. The molecule has 1 aromatic rings. The van der Waals surface area contributed by atoms with Gasteiger partial charge in [0.05, 0.1) is 12.7 Å². The van der Waals surface area contributed by atoms with Gasteiger partial charge in [0.1, 0.15) is 5.82 Å². The van der Waals surface area contributed by atoms with Gasteiger partial charge in [0.25, 0.3) is 0 Å². The van der Waals surface area contributed by atoms with Crippen LogP contribution in [0.2, 0.25) is 0 Å². The van der Waals surface area contributed by atoms with E-state index in [0.717, 1.165) is 5.69 Å². The molecule has 0 aliphatic heterocycles. The van der Waals surface area contributed by atoms with Crippen LogP contribution in [0.1, 0.15) is 5.69 Å². The summed E-state index contributed by atoms with van der Waals surface area (Å²) in [5.41, 5.74) is 1.04. The molecular formula is C8H15N3O2. The van der Waals surface area contributed by atoms with E-state index in [2.05, 4.69) is 10.4 Å². The molecular weight excluding hydrogens is 170 g/mol. The standard InChI is InChI=1S/C8H15N3O2/c1-6-3-8(10-11(6)2)9-4-7(13)5-12/h3,7,12-13H,4-5H2,1-2H3,(H,9,10). The van der Waals surface area contributed by atoms with E-state index in [0.29, 0.717) is 12.4 Å². The second kappa shape index (κ2) is 4.25. The number of hydrogen-bond acceptors (Lipinski definition) is 4. The smallest absolute Gasteiger partial charge is 0.148 e. The Labute approximate surface area is 77.0 Å². The minimum atomic E-state index is -0.734. The van der Waals surface area contributed by atoms with Crippen LogP contribution in [0.5, 0.6) is 0 Å². The van der Waals surface area contributed by atoms with Crippen LogP contribution < -0.4 is 5.32 Å². The van der Waals surface area contributed by atoms with Gasteiger partial charge in [-0.2, -0.15) is 5.10 Å². The van der Waals surface area contributed by atoms with Crippen molar-refractivity contribution in [3.63, 3.8) is 0 Å². The molecule has 0 fully saturated rings. The summed E-state index contributed by atoms with van der Waals surface area (Å²) in [4.78, 5) is 0. The van der Waals surface area contributed by atoms with Crippen molar-refractivity contribution < 1.29 is 10.2 Å². The maximum Gasteiger partial charge on any atom is 0.148 e. The highest BCUT2D eigenvalue weighted by Gasteiger charge is 2.03. The Kier molecular flexibility index (Phi) is 3.27. The van der Waals surface area contributed by atoms with Crippen LogP contribution in [0, 0.1) is 6.92 Å². The topological polar surface area (TPSA) is 70.3 Å². The summed E-state index contributed by atoms with van der Waals surface area (Å²) in [5.74, 6) is 0.715. The van der Waals surface area contributed by atoms with Gasteiger partial charge >= 0.3 is 0 Å². The highest BCUT2D eigenvalue weighted by molar-refractivity contribution is 5.35. The summed E-state index contributed by atoms with van der Waals surface area (Å²) >= 11 is 0. The van der Waals surface area contributed by atoms with Gasteiger partial charge in [0, 0.05) is 25.4 Å². The lowest BCUT2D eigenvalue weighted by Gasteiger charge is -2.06. The lowest BCUT2D eigenvalue weighted by molar-refractivity contribution is 0.105. The van der Waals surface area contributed by atoms with Gasteiger partial charge in [-0.3, -0.25) is 4.68 Å². The molecule has 3 N–H and O–H groups in total. The Bertz CT molecular complexity index is 253. The number of hydrogen-bond donors (Lipinski definition) is 3. The molecule has 0 amide bonds. The lowest BCUT2D eigenvalue weighted by Crippen LogP contribution is -2.23. The van der Waals surface area contributed by atoms with Gasteiger partial charge in [0.2, 0.25) is 0 Å². The first-order valence-electron chi connectivity index (χ1n) is 4.17. The second-order valence-electron chi connectivity index (χ2n) is 3.01. The highest BCUT2D eigenvalue weighted by Crippen LogP contribution is 2.06. The van der Waals surface area contributed by atoms with Crippen molar-refractivity contribution in [3.05, 3.63) is 11.8 Å². The monoisotopic (exact) mass is 185 g/mol. The first-order chi connectivity index (χ1) is 6.13. The summed E-state index contributed by atoms with van der Waals surface area (Å²) < 4.78 is 1.74. The van der Waals surface area contributed by atoms with Gasteiger partial charge in [-0.15, -0.1) is 0 Å². The molecule has 0 aliphatic carbocycles. The Morgan fingerprint density at radius 2 is 2.38 bits per heavy atom. The van der Waals surface area contributed by atoms with Crippen molar-refractivity contribution in [1.82, 2.24) is 9.78 Å². The molecule has 5 heteroatoms. The number of nitrogens with zero attached hydrogens (tertiary/aromatic N) is 2. The third-order valence-corrected chi connectivity index (χ3v) is 1.84. The number of aromatic nitrogens is 2. The van der Waals surface area contributed by atoms with E-state index in [-0.39, 0.29) is 6.61 Å². The Morgan fingerprint density at radius 3 is 2.85 bits per heavy atom. The molecule has 0 aromatic carbocycles. The number of anilines is 1. The number of aryl methyl sites for hydroxylation is 2. The fraction of sp³-hybridized carbons (Fsp3) is 0.625. The molecule has 1 aromatic heterocycles. The average Bonchev–Trinajstić information content (AvgIpc) is 2.42. The largest absolute Gasteiger partial charge is 0.394 e. The van der Waals surface area contributed by atoms with E-state index in [1.54, 1.807) is 4.68 Å². The van der Waals surface area contributed by atoms with Crippen molar-refractivity contribution in [2.75, 3.05) is 18.5 Å². The normalized spacial score (nSPS) is 12.9. The summed E-state index contributed by atoms with van der Waals surface area (Å²) in [6.07, 6.45) is -0.734. The molecule has 0 saturated carbocycles. The Hall–Kier alpha value is -1.07. The van der Waals surface area contributed by atoms with Crippen LogP contribution in [-0.4, -0.2) is 39.2 Å². The first kappa shape index (κ1) is 10.0. The van der Waals surface area contributed by atoms with Gasteiger partial charge in [-0.1, -0.05) is 0 Å². The summed E-state index contributed by atoms with van der Waals surface area (Å²) in [5, 5.41) is 24.6. The molecule has 1 unspecified atom stereocenters. The maximum atomic E-state index is 9.05. The van der Waals surface area contributed by atoms with E-state index in [1.165, 1.54) is 0 Å². The molecule has 13 heavy (non-hydrogen) atoms. The van der Waals surface area contributed by atoms with Crippen molar-refractivity contribution in [2.24, 2.45) is 7.05 Å². The predicted octanol–water partition coefficient (Wildman–Crippen LogP) is -0.506. The molecule has 0 spiro atoms. The number of aliphatic hydroxyl groups excluding tert-OH is 2. The van der Waals surface area contributed by atoms with E-state index < -0.39 is 6.10 Å². The average molecular weight is 185 g/mol. The van der Waals surface area contributed by atoms with Crippen LogP contribution in [0.3, 0.4) is 0 Å². The first-order valence-corrected chi connectivity index (χ1v) is 4.17. The van der Waals surface area contributed by atoms with Gasteiger partial charge in [-0.25, -0.2) is 0 Å². The van der Waals surface area contributed by atoms with Crippen molar-refractivity contribution in [1.29, 1.82) is 0 Å². The van der Waals surface area contributed by atoms with Crippen molar-refractivity contribution in [3.8, 4) is 0 Å². The SMILES string of the molecule is Cc1cc(NCC(O)CO)nn1C. The highest BCUT2D eigenvalue weighted by atomic mass is 16.3. The third kappa shape index (κ3) is 2.71. The number of rotatable bonds is 4. The van der Waals surface area contributed by atoms with Crippen LogP contribution in [0.25, 0.3) is 0 Å². The van der Waals surface area contributed by atoms with E-state index >= 15 is 0 Å². The van der Waals surface area contributed by atoms with Crippen LogP contribution in [-0.2, 0) is 7.05 Å². The number of nitrogens with one attached hydrogen (secondary N) is 1. The van der Waals surface area contributed by atoms with Crippen LogP contribution in [0.15, 0.2) is 6.07 Å². The summed E-state index contributed by atoms with van der Waals surface area (Å²) in [6.45, 7) is 2.02. The predicted molar refractivity (Wildman–Crippen MR) is 49.5 cm³/mol. The van der Waals surface area contributed by atoms with Crippen molar-refractivity contribution >= 4 is 5.82 Å². The molecule has 0 saturated heterocycles. The molecule has 1 atom stereocenters. The van der Waals surface area contributed by atoms with E-state index in [9.17, 15) is 0 Å². The third-order valence-electron chi connectivity index (χ3n) is 1.84. The fourth-order valence-corrected chi connectivity index (χ4v) is 0.934. The fourth-order valence-electron chi connectivity index (χ4n) is 0.934. The summed E-state index contributed by atoms with van der Waals surface area (Å²) in [6, 6.07) is 1.88. The molecule has 0 bridgehead atoms. The zero-order valence-electron chi connectivity index (χ0n) is 7.86. The van der Waals surface area contributed by atoms with Crippen molar-refractivity contribution in [2.45, 2.75) is 13.0 Å². The molecule has 5 nitrogen and oxygen atoms in total. The molecule has 0 radical (unpaired) electrons. The minimum absolute atomic E-state index is 0.237. The van der Waals surface area contributed by atoms with Crippen LogP contribution in [0.4, 0.5) is 5.82 Å². The van der Waals surface area contributed by atoms with E-state index in [1.807, 2.05) is 20.0 Å². The van der Waals surface area contributed by atoms with Gasteiger partial charge in [0.15, 0.2) is 0 Å². The zero-order valence-corrected chi connectivity index (χ0v) is 7.86.